The van der Waals surface area contributed by atoms with Gasteiger partial charge in [-0.2, -0.15) is 4.31 Å². The Balaban J connectivity index is 1.73. The Kier molecular flexibility index (Phi) is 6.75. The van der Waals surface area contributed by atoms with Crippen LogP contribution < -0.4 is 10.2 Å². The number of morpholine rings is 1. The Labute approximate surface area is 168 Å². The number of anilines is 1. The molecule has 0 unspecified atom stereocenters. The number of nitrogens with one attached hydrogen (secondary N) is 2. The van der Waals surface area contributed by atoms with E-state index in [9.17, 15) is 13.2 Å². The molecule has 1 amide bonds. The van der Waals surface area contributed by atoms with Gasteiger partial charge >= 0.3 is 0 Å². The van der Waals surface area contributed by atoms with E-state index in [1.54, 1.807) is 25.1 Å². The van der Waals surface area contributed by atoms with E-state index in [0.29, 0.717) is 37.6 Å². The van der Waals surface area contributed by atoms with Gasteiger partial charge in [0.05, 0.1) is 31.2 Å². The molecule has 0 bridgehead atoms. The molecular weight excluding hydrogens is 378 g/mol. The zero-order valence-corrected chi connectivity index (χ0v) is 17.8. The molecule has 0 radical (unpaired) electrons. The van der Waals surface area contributed by atoms with Crippen LogP contribution >= 0.6 is 0 Å². The zero-order valence-electron chi connectivity index (χ0n) is 17.0. The van der Waals surface area contributed by atoms with Crippen LogP contribution in [0.5, 0.6) is 0 Å². The topological polar surface area (TPSA) is 80.2 Å². The second kappa shape index (κ2) is 8.90. The number of aryl methyl sites for hydroxylation is 1. The minimum Gasteiger partial charge on any atom is -0.379 e. The Hall–Kier alpha value is -1.48. The highest BCUT2D eigenvalue weighted by Gasteiger charge is 2.30. The van der Waals surface area contributed by atoms with Gasteiger partial charge in [-0.05, 0) is 50.3 Å². The van der Waals surface area contributed by atoms with E-state index in [0.717, 1.165) is 31.8 Å². The molecule has 156 valence electrons. The third-order valence-corrected chi connectivity index (χ3v) is 8.01. The number of quaternary nitrogens is 1. The summed E-state index contributed by atoms with van der Waals surface area (Å²) in [5.41, 5.74) is 1.20. The van der Waals surface area contributed by atoms with Crippen LogP contribution in [-0.2, 0) is 19.6 Å². The molecule has 8 heteroatoms. The first-order valence-electron chi connectivity index (χ1n) is 10.1. The Morgan fingerprint density at radius 2 is 1.89 bits per heavy atom. The molecule has 2 heterocycles. The predicted octanol–water partition coefficient (Wildman–Crippen LogP) is 0.658. The molecule has 2 aliphatic rings. The standard InChI is InChI=1S/C20H31N3O4S/c1-15-6-8-22(9-7-15)17(3)20(24)21-18-5-4-16(2)19(14-18)28(25,26)23-10-12-27-13-11-23/h4-5,14-15,17H,6-13H2,1-3H3,(H,21,24)/p+1/t17-/m1/s1. The van der Waals surface area contributed by atoms with Crippen molar-refractivity contribution in [3.63, 3.8) is 0 Å². The van der Waals surface area contributed by atoms with E-state index in [4.69, 9.17) is 4.74 Å². The zero-order chi connectivity index (χ0) is 20.3. The van der Waals surface area contributed by atoms with E-state index in [1.807, 2.05) is 6.92 Å². The van der Waals surface area contributed by atoms with Gasteiger partial charge in [-0.25, -0.2) is 8.42 Å². The van der Waals surface area contributed by atoms with Gasteiger partial charge in [-0.3, -0.25) is 4.79 Å². The van der Waals surface area contributed by atoms with E-state index >= 15 is 0 Å². The average molecular weight is 411 g/mol. The molecule has 2 N–H and O–H groups in total. The second-order valence-corrected chi connectivity index (χ2v) is 9.95. The molecule has 0 aliphatic carbocycles. The molecule has 1 aromatic rings. The third-order valence-electron chi connectivity index (χ3n) is 5.97. The van der Waals surface area contributed by atoms with Crippen molar-refractivity contribution < 1.29 is 22.8 Å². The highest BCUT2D eigenvalue weighted by Crippen LogP contribution is 2.24. The SMILES string of the molecule is Cc1ccc(NC(=O)[C@@H](C)[NH+]2CCC(C)CC2)cc1S(=O)(=O)N1CCOCC1. The molecule has 3 rings (SSSR count). The van der Waals surface area contributed by atoms with Gasteiger partial charge in [0.2, 0.25) is 10.0 Å². The van der Waals surface area contributed by atoms with Crippen LogP contribution in [0.2, 0.25) is 0 Å². The van der Waals surface area contributed by atoms with Gasteiger partial charge in [0.25, 0.3) is 5.91 Å². The van der Waals surface area contributed by atoms with Gasteiger partial charge in [0, 0.05) is 18.8 Å². The molecule has 1 aromatic carbocycles. The number of benzene rings is 1. The number of likely N-dealkylation sites (tertiary alicyclic amines) is 1. The van der Waals surface area contributed by atoms with Crippen molar-refractivity contribution in [1.29, 1.82) is 0 Å². The molecule has 2 aliphatic heterocycles. The molecule has 0 saturated carbocycles. The van der Waals surface area contributed by atoms with E-state index in [1.165, 1.54) is 9.21 Å². The summed E-state index contributed by atoms with van der Waals surface area (Å²) in [5, 5.41) is 2.93. The summed E-state index contributed by atoms with van der Waals surface area (Å²) in [6.07, 6.45) is 2.28. The molecule has 2 saturated heterocycles. The van der Waals surface area contributed by atoms with Crippen molar-refractivity contribution in [2.24, 2.45) is 5.92 Å². The first-order valence-corrected chi connectivity index (χ1v) is 11.6. The van der Waals surface area contributed by atoms with Crippen LogP contribution in [0.15, 0.2) is 23.1 Å². The number of nitrogens with zero attached hydrogens (tertiary/aromatic N) is 1. The van der Waals surface area contributed by atoms with Crippen LogP contribution in [0.4, 0.5) is 5.69 Å². The number of rotatable bonds is 5. The molecule has 7 nitrogen and oxygen atoms in total. The molecular formula is C20H32N3O4S+. The summed E-state index contributed by atoms with van der Waals surface area (Å²) in [6.45, 7) is 9.50. The van der Waals surface area contributed by atoms with Crippen molar-refractivity contribution in [2.75, 3.05) is 44.7 Å². The van der Waals surface area contributed by atoms with Crippen molar-refractivity contribution in [3.05, 3.63) is 23.8 Å². The molecule has 0 spiro atoms. The summed E-state index contributed by atoms with van der Waals surface area (Å²) in [4.78, 5) is 14.3. The number of sulfonamides is 1. The van der Waals surface area contributed by atoms with Crippen LogP contribution in [0.25, 0.3) is 0 Å². The summed E-state index contributed by atoms with van der Waals surface area (Å²) in [7, 11) is -3.60. The summed E-state index contributed by atoms with van der Waals surface area (Å²) < 4.78 is 32.7. The highest BCUT2D eigenvalue weighted by molar-refractivity contribution is 7.89. The first kappa shape index (κ1) is 21.2. The predicted molar refractivity (Wildman–Crippen MR) is 108 cm³/mol. The molecule has 2 fully saturated rings. The average Bonchev–Trinajstić information content (AvgIpc) is 2.70. The van der Waals surface area contributed by atoms with Crippen molar-refractivity contribution in [1.82, 2.24) is 4.31 Å². The normalized spacial score (nSPS) is 25.2. The lowest BCUT2D eigenvalue weighted by Crippen LogP contribution is -3.17. The summed E-state index contributed by atoms with van der Waals surface area (Å²) in [6, 6.07) is 4.95. The quantitative estimate of drug-likeness (QED) is 0.747. The maximum absolute atomic E-state index is 13.0. The van der Waals surface area contributed by atoms with Crippen LogP contribution in [0.3, 0.4) is 0 Å². The van der Waals surface area contributed by atoms with Gasteiger partial charge in [0.1, 0.15) is 0 Å². The fourth-order valence-electron chi connectivity index (χ4n) is 3.88. The minimum atomic E-state index is -3.60. The fourth-order valence-corrected chi connectivity index (χ4v) is 5.54. The van der Waals surface area contributed by atoms with Crippen LogP contribution in [-0.4, -0.2) is 64.1 Å². The largest absolute Gasteiger partial charge is 0.379 e. The second-order valence-electron chi connectivity index (χ2n) is 8.05. The number of hydrogen-bond donors (Lipinski definition) is 2. The first-order chi connectivity index (χ1) is 13.3. The lowest BCUT2D eigenvalue weighted by molar-refractivity contribution is -0.919. The highest BCUT2D eigenvalue weighted by atomic mass is 32.2. The summed E-state index contributed by atoms with van der Waals surface area (Å²) in [5.74, 6) is 0.659. The van der Waals surface area contributed by atoms with Crippen molar-refractivity contribution >= 4 is 21.6 Å². The summed E-state index contributed by atoms with van der Waals surface area (Å²) >= 11 is 0. The van der Waals surface area contributed by atoms with Gasteiger partial charge in [0.15, 0.2) is 6.04 Å². The minimum absolute atomic E-state index is 0.0665. The van der Waals surface area contributed by atoms with Crippen molar-refractivity contribution in [3.8, 4) is 0 Å². The maximum Gasteiger partial charge on any atom is 0.282 e. The fraction of sp³-hybridized carbons (Fsp3) is 0.650. The number of piperidine rings is 1. The maximum atomic E-state index is 13.0. The molecule has 0 aromatic heterocycles. The van der Waals surface area contributed by atoms with E-state index < -0.39 is 10.0 Å². The third kappa shape index (κ3) is 4.74. The van der Waals surface area contributed by atoms with Crippen LogP contribution in [0, 0.1) is 12.8 Å². The number of hydrogen-bond acceptors (Lipinski definition) is 4. The number of amides is 1. The number of carbonyl (C=O) groups excluding carboxylic acids is 1. The lowest BCUT2D eigenvalue weighted by Gasteiger charge is -2.31. The van der Waals surface area contributed by atoms with Crippen LogP contribution in [0.1, 0.15) is 32.3 Å². The van der Waals surface area contributed by atoms with Gasteiger partial charge in [-0.1, -0.05) is 13.0 Å². The Morgan fingerprint density at radius 3 is 2.54 bits per heavy atom. The smallest absolute Gasteiger partial charge is 0.282 e. The molecule has 28 heavy (non-hydrogen) atoms. The van der Waals surface area contributed by atoms with Gasteiger partial charge in [-0.15, -0.1) is 0 Å². The lowest BCUT2D eigenvalue weighted by atomic mass is 9.98. The Bertz CT molecular complexity index is 798. The molecule has 1 atom stereocenters. The van der Waals surface area contributed by atoms with Gasteiger partial charge < -0.3 is 15.0 Å². The monoisotopic (exact) mass is 410 g/mol. The van der Waals surface area contributed by atoms with Crippen molar-refractivity contribution in [2.45, 2.75) is 44.6 Å². The number of ether oxygens (including phenoxy) is 1. The Morgan fingerprint density at radius 1 is 1.25 bits per heavy atom. The number of carbonyl (C=O) groups is 1. The van der Waals surface area contributed by atoms with E-state index in [-0.39, 0.29) is 16.8 Å². The van der Waals surface area contributed by atoms with E-state index in [2.05, 4.69) is 12.2 Å².